The number of carbonyl (C=O) groups excluding carboxylic acids is 1. The van der Waals surface area contributed by atoms with Gasteiger partial charge in [-0.15, -0.1) is 0 Å². The van der Waals surface area contributed by atoms with Crippen LogP contribution in [0, 0.1) is 11.6 Å². The molecule has 2 fully saturated rings. The number of amides is 1. The van der Waals surface area contributed by atoms with Crippen molar-refractivity contribution in [1.29, 1.82) is 0 Å². The zero-order chi connectivity index (χ0) is 24.3. The normalized spacial score (nSPS) is 18.1. The largest absolute Gasteiger partial charge is 0.373 e. The molecule has 1 aliphatic heterocycles. The summed E-state index contributed by atoms with van der Waals surface area (Å²) in [7, 11) is 0. The van der Waals surface area contributed by atoms with E-state index in [4.69, 9.17) is 16.3 Å². The maximum absolute atomic E-state index is 15.4. The summed E-state index contributed by atoms with van der Waals surface area (Å²) in [5.74, 6) is -1.15. The number of piperidine rings is 1. The first-order chi connectivity index (χ1) is 16.3. The SMILES string of the molecule is CSNC(=O)c1cc(C2CC2)c(COCC2(F)CCN(Cc3ccc(F)cc3Cl)CC2)cc1F. The summed E-state index contributed by atoms with van der Waals surface area (Å²) in [5.41, 5.74) is 0.962. The molecule has 0 radical (unpaired) electrons. The summed E-state index contributed by atoms with van der Waals surface area (Å²) < 4.78 is 51.5. The number of nitrogens with one attached hydrogen (secondary N) is 1. The van der Waals surface area contributed by atoms with Gasteiger partial charge in [0.05, 0.1) is 18.8 Å². The van der Waals surface area contributed by atoms with Crippen LogP contribution in [0.3, 0.4) is 0 Å². The van der Waals surface area contributed by atoms with Gasteiger partial charge in [0.2, 0.25) is 0 Å². The molecule has 4 nitrogen and oxygen atoms in total. The fraction of sp³-hybridized carbons (Fsp3) is 0.480. The number of hydrogen-bond acceptors (Lipinski definition) is 4. The third-order valence-corrected chi connectivity index (χ3v) is 7.21. The van der Waals surface area contributed by atoms with Crippen LogP contribution in [0.1, 0.15) is 58.6 Å². The van der Waals surface area contributed by atoms with Crippen LogP contribution in [0.2, 0.25) is 5.02 Å². The van der Waals surface area contributed by atoms with Gasteiger partial charge in [0, 0.05) is 30.9 Å². The Labute approximate surface area is 207 Å². The van der Waals surface area contributed by atoms with E-state index >= 15 is 4.39 Å². The number of ether oxygens (including phenoxy) is 1. The van der Waals surface area contributed by atoms with Crippen LogP contribution < -0.4 is 4.72 Å². The van der Waals surface area contributed by atoms with Gasteiger partial charge in [0.1, 0.15) is 17.3 Å². The van der Waals surface area contributed by atoms with E-state index < -0.39 is 17.4 Å². The Morgan fingerprint density at radius 2 is 1.94 bits per heavy atom. The smallest absolute Gasteiger partial charge is 0.264 e. The number of carbonyl (C=O) groups is 1. The highest BCUT2D eigenvalue weighted by Gasteiger charge is 2.35. The maximum Gasteiger partial charge on any atom is 0.264 e. The van der Waals surface area contributed by atoms with E-state index in [1.807, 2.05) is 0 Å². The molecule has 184 valence electrons. The zero-order valence-electron chi connectivity index (χ0n) is 19.0. The average molecular weight is 513 g/mol. The van der Waals surface area contributed by atoms with Crippen molar-refractivity contribution in [2.45, 2.75) is 50.4 Å². The monoisotopic (exact) mass is 512 g/mol. The molecule has 0 aromatic heterocycles. The highest BCUT2D eigenvalue weighted by molar-refractivity contribution is 7.97. The van der Waals surface area contributed by atoms with Crippen molar-refractivity contribution in [3.8, 4) is 0 Å². The Morgan fingerprint density at radius 1 is 1.21 bits per heavy atom. The number of rotatable bonds is 9. The minimum Gasteiger partial charge on any atom is -0.373 e. The predicted molar refractivity (Wildman–Crippen MR) is 129 cm³/mol. The number of halogens is 4. The van der Waals surface area contributed by atoms with Crippen LogP contribution in [-0.4, -0.2) is 42.4 Å². The van der Waals surface area contributed by atoms with Crippen molar-refractivity contribution >= 4 is 29.5 Å². The third kappa shape index (κ3) is 6.27. The first-order valence-electron chi connectivity index (χ1n) is 11.4. The summed E-state index contributed by atoms with van der Waals surface area (Å²) >= 11 is 7.23. The van der Waals surface area contributed by atoms with E-state index in [9.17, 15) is 13.6 Å². The minimum absolute atomic E-state index is 0.0237. The van der Waals surface area contributed by atoms with E-state index in [1.165, 1.54) is 18.2 Å². The van der Waals surface area contributed by atoms with Crippen LogP contribution in [0.25, 0.3) is 0 Å². The molecule has 1 saturated carbocycles. The molecular weight excluding hydrogens is 485 g/mol. The highest BCUT2D eigenvalue weighted by Crippen LogP contribution is 2.43. The molecule has 1 aliphatic carbocycles. The molecule has 2 aromatic carbocycles. The highest BCUT2D eigenvalue weighted by atomic mass is 35.5. The number of nitrogens with zero attached hydrogens (tertiary/aromatic N) is 1. The van der Waals surface area contributed by atoms with Gasteiger partial charge in [-0.05, 0) is 72.6 Å². The molecule has 1 N–H and O–H groups in total. The van der Waals surface area contributed by atoms with Crippen LogP contribution in [0.15, 0.2) is 30.3 Å². The zero-order valence-corrected chi connectivity index (χ0v) is 20.6. The van der Waals surface area contributed by atoms with Gasteiger partial charge in [-0.1, -0.05) is 29.6 Å². The quantitative estimate of drug-likeness (QED) is 0.417. The third-order valence-electron chi connectivity index (χ3n) is 6.46. The molecular formula is C25H28ClF3N2O2S. The average Bonchev–Trinajstić information content (AvgIpc) is 3.63. The van der Waals surface area contributed by atoms with Gasteiger partial charge in [0.15, 0.2) is 0 Å². The lowest BCUT2D eigenvalue weighted by atomic mass is 9.94. The van der Waals surface area contributed by atoms with Gasteiger partial charge in [0.25, 0.3) is 5.91 Å². The fourth-order valence-corrected chi connectivity index (χ4v) is 4.87. The van der Waals surface area contributed by atoms with Crippen molar-refractivity contribution in [3.05, 3.63) is 69.2 Å². The Kier molecular flexibility index (Phi) is 8.12. The predicted octanol–water partition coefficient (Wildman–Crippen LogP) is 6.02. The maximum atomic E-state index is 15.4. The molecule has 0 unspecified atom stereocenters. The van der Waals surface area contributed by atoms with Crippen molar-refractivity contribution < 1.29 is 22.7 Å². The van der Waals surface area contributed by atoms with Crippen LogP contribution in [-0.2, 0) is 17.9 Å². The lowest BCUT2D eigenvalue weighted by Crippen LogP contribution is -2.44. The summed E-state index contributed by atoms with van der Waals surface area (Å²) in [6.45, 7) is 1.65. The second kappa shape index (κ2) is 10.9. The Hall–Kier alpha value is -1.74. The molecule has 34 heavy (non-hydrogen) atoms. The van der Waals surface area contributed by atoms with Crippen molar-refractivity contribution in [3.63, 3.8) is 0 Å². The number of hydrogen-bond donors (Lipinski definition) is 1. The Bertz CT molecular complexity index is 1040. The van der Waals surface area contributed by atoms with Gasteiger partial charge >= 0.3 is 0 Å². The number of benzene rings is 2. The lowest BCUT2D eigenvalue weighted by molar-refractivity contribution is -0.0321. The van der Waals surface area contributed by atoms with E-state index in [0.29, 0.717) is 49.0 Å². The van der Waals surface area contributed by atoms with Crippen molar-refractivity contribution in [1.82, 2.24) is 9.62 Å². The summed E-state index contributed by atoms with van der Waals surface area (Å²) in [6, 6.07) is 7.28. The van der Waals surface area contributed by atoms with E-state index in [-0.39, 0.29) is 24.6 Å². The van der Waals surface area contributed by atoms with Crippen LogP contribution in [0.4, 0.5) is 13.2 Å². The Balaban J connectivity index is 1.32. The van der Waals surface area contributed by atoms with Crippen LogP contribution in [0.5, 0.6) is 0 Å². The van der Waals surface area contributed by atoms with Crippen molar-refractivity contribution in [2.24, 2.45) is 0 Å². The van der Waals surface area contributed by atoms with Gasteiger partial charge in [-0.3, -0.25) is 14.4 Å². The first kappa shape index (κ1) is 25.4. The second-order valence-corrected chi connectivity index (χ2v) is 10.1. The second-order valence-electron chi connectivity index (χ2n) is 9.10. The number of alkyl halides is 1. The van der Waals surface area contributed by atoms with Gasteiger partial charge in [-0.25, -0.2) is 13.2 Å². The van der Waals surface area contributed by atoms with E-state index in [1.54, 1.807) is 18.4 Å². The molecule has 1 saturated heterocycles. The first-order valence-corrected chi connectivity index (χ1v) is 13.0. The lowest BCUT2D eigenvalue weighted by Gasteiger charge is -2.36. The topological polar surface area (TPSA) is 41.6 Å². The van der Waals surface area contributed by atoms with E-state index in [2.05, 4.69) is 9.62 Å². The van der Waals surface area contributed by atoms with Crippen LogP contribution >= 0.6 is 23.5 Å². The molecule has 9 heteroatoms. The summed E-state index contributed by atoms with van der Waals surface area (Å²) in [4.78, 5) is 14.2. The van der Waals surface area contributed by atoms with E-state index in [0.717, 1.165) is 35.9 Å². The molecule has 0 spiro atoms. The fourth-order valence-electron chi connectivity index (χ4n) is 4.34. The molecule has 4 rings (SSSR count). The Morgan fingerprint density at radius 3 is 2.59 bits per heavy atom. The molecule has 2 aromatic rings. The molecule has 1 heterocycles. The van der Waals surface area contributed by atoms with Gasteiger partial charge < -0.3 is 4.74 Å². The molecule has 0 bridgehead atoms. The number of likely N-dealkylation sites (tertiary alicyclic amines) is 1. The van der Waals surface area contributed by atoms with Gasteiger partial charge in [-0.2, -0.15) is 0 Å². The molecule has 1 amide bonds. The minimum atomic E-state index is -1.46. The standard InChI is InChI=1S/C25H28ClF3N2O2S/c1-34-30-24(32)21-12-20(16-2-3-16)18(10-23(21)28)14-33-15-25(29)6-8-31(9-7-25)13-17-4-5-19(27)11-22(17)26/h4-5,10-12,16H,2-3,6-9,13-15H2,1H3,(H,30,32). The van der Waals surface area contributed by atoms with Crippen molar-refractivity contribution in [2.75, 3.05) is 26.0 Å². The summed E-state index contributed by atoms with van der Waals surface area (Å²) in [5, 5.41) is 0.371. The molecule has 2 aliphatic rings. The molecule has 0 atom stereocenters. The summed E-state index contributed by atoms with van der Waals surface area (Å²) in [6.07, 6.45) is 4.30.